The minimum Gasteiger partial charge on any atom is -0.427 e. The van der Waals surface area contributed by atoms with Crippen molar-refractivity contribution in [3.63, 3.8) is 0 Å². The number of nitrogens with two attached hydrogens (primary N) is 1. The minimum atomic E-state index is -3.74. The lowest BCUT2D eigenvalue weighted by molar-refractivity contribution is -0.154. The molecule has 1 aliphatic rings. The van der Waals surface area contributed by atoms with E-state index >= 15 is 0 Å². The van der Waals surface area contributed by atoms with E-state index in [1.54, 1.807) is 38.0 Å². The second-order valence-corrected chi connectivity index (χ2v) is 10.8. The fraction of sp³-hybridized carbons (Fsp3) is 0.500. The summed E-state index contributed by atoms with van der Waals surface area (Å²) in [6.45, 7) is 7.48. The summed E-state index contributed by atoms with van der Waals surface area (Å²) in [5.41, 5.74) is 0.0925. The third-order valence-corrected chi connectivity index (χ3v) is 6.13. The van der Waals surface area contributed by atoms with Gasteiger partial charge in [-0.3, -0.25) is 0 Å². The molecule has 0 unspecified atom stereocenters. The highest BCUT2D eigenvalue weighted by Gasteiger charge is 2.26. The number of rotatable bonds is 7. The SMILES string of the molecule is CN(CC1CCN(OC(=O)OC(C)(C)C)CC1)c1cc(Nc2ccc(S(N)(=O)=O)cc2)ncn1. The van der Waals surface area contributed by atoms with Crippen molar-refractivity contribution in [1.29, 1.82) is 0 Å². The zero-order valence-corrected chi connectivity index (χ0v) is 20.7. The average Bonchev–Trinajstić information content (AvgIpc) is 2.74. The summed E-state index contributed by atoms with van der Waals surface area (Å²) in [5.74, 6) is 1.76. The number of benzene rings is 1. The van der Waals surface area contributed by atoms with E-state index in [1.165, 1.54) is 18.5 Å². The van der Waals surface area contributed by atoms with Gasteiger partial charge in [-0.1, -0.05) is 0 Å². The maximum absolute atomic E-state index is 11.8. The van der Waals surface area contributed by atoms with E-state index in [9.17, 15) is 13.2 Å². The van der Waals surface area contributed by atoms with Crippen molar-refractivity contribution in [2.75, 3.05) is 36.9 Å². The van der Waals surface area contributed by atoms with E-state index in [4.69, 9.17) is 14.7 Å². The zero-order valence-electron chi connectivity index (χ0n) is 19.9. The van der Waals surface area contributed by atoms with Crippen LogP contribution in [-0.2, 0) is 19.6 Å². The molecular weight excluding hydrogens is 460 g/mol. The van der Waals surface area contributed by atoms with Gasteiger partial charge in [-0.05, 0) is 63.8 Å². The van der Waals surface area contributed by atoms with Gasteiger partial charge in [0.1, 0.15) is 23.6 Å². The molecule has 0 bridgehead atoms. The highest BCUT2D eigenvalue weighted by molar-refractivity contribution is 7.89. The quantitative estimate of drug-likeness (QED) is 0.554. The molecule has 34 heavy (non-hydrogen) atoms. The van der Waals surface area contributed by atoms with E-state index in [0.717, 1.165) is 25.2 Å². The molecule has 0 atom stereocenters. The van der Waals surface area contributed by atoms with Crippen LogP contribution in [0.4, 0.5) is 22.1 Å². The highest BCUT2D eigenvalue weighted by atomic mass is 32.2. The van der Waals surface area contributed by atoms with E-state index in [0.29, 0.717) is 30.5 Å². The Morgan fingerprint density at radius 2 is 1.85 bits per heavy atom. The minimum absolute atomic E-state index is 0.0451. The van der Waals surface area contributed by atoms with Gasteiger partial charge in [-0.2, -0.15) is 0 Å². The smallest absolute Gasteiger partial charge is 0.427 e. The second kappa shape index (κ2) is 10.5. The molecule has 1 fully saturated rings. The van der Waals surface area contributed by atoms with Gasteiger partial charge in [0, 0.05) is 38.4 Å². The number of primary sulfonamides is 1. The maximum atomic E-state index is 11.8. The van der Waals surface area contributed by atoms with Gasteiger partial charge < -0.3 is 19.8 Å². The van der Waals surface area contributed by atoms with Crippen LogP contribution < -0.4 is 15.4 Å². The molecule has 2 heterocycles. The fourth-order valence-electron chi connectivity index (χ4n) is 3.54. The lowest BCUT2D eigenvalue weighted by Gasteiger charge is -2.33. The van der Waals surface area contributed by atoms with Gasteiger partial charge in [0.05, 0.1) is 4.90 Å². The van der Waals surface area contributed by atoms with Crippen molar-refractivity contribution in [3.8, 4) is 0 Å². The van der Waals surface area contributed by atoms with Crippen molar-refractivity contribution in [2.24, 2.45) is 11.1 Å². The molecule has 12 heteroatoms. The number of piperidine rings is 1. The van der Waals surface area contributed by atoms with Crippen molar-refractivity contribution in [3.05, 3.63) is 36.7 Å². The Labute approximate surface area is 200 Å². The lowest BCUT2D eigenvalue weighted by Crippen LogP contribution is -2.40. The number of carbonyl (C=O) groups is 1. The van der Waals surface area contributed by atoms with Crippen molar-refractivity contribution >= 4 is 33.5 Å². The number of anilines is 3. The number of hydrogen-bond acceptors (Lipinski definition) is 10. The van der Waals surface area contributed by atoms with Gasteiger partial charge in [0.2, 0.25) is 10.0 Å². The standard InChI is InChI=1S/C22H32N6O5S/c1-22(2,3)32-21(29)33-28-11-9-16(10-12-28)14-27(4)20-13-19(24-15-25-20)26-17-5-7-18(8-6-17)34(23,30)31/h5-8,13,15-16H,9-12,14H2,1-4H3,(H2,23,30,31)(H,24,25,26). The Kier molecular flexibility index (Phi) is 7.95. The number of ether oxygens (including phenoxy) is 1. The Balaban J connectivity index is 1.51. The van der Waals surface area contributed by atoms with Crippen LogP contribution in [0.5, 0.6) is 0 Å². The molecule has 1 saturated heterocycles. The Morgan fingerprint density at radius 1 is 1.21 bits per heavy atom. The van der Waals surface area contributed by atoms with Crippen LogP contribution in [0.2, 0.25) is 0 Å². The van der Waals surface area contributed by atoms with E-state index in [-0.39, 0.29) is 4.90 Å². The predicted octanol–water partition coefficient (Wildman–Crippen LogP) is 2.88. The van der Waals surface area contributed by atoms with Gasteiger partial charge in [0.25, 0.3) is 0 Å². The van der Waals surface area contributed by atoms with Gasteiger partial charge in [-0.25, -0.2) is 28.3 Å². The number of nitrogens with one attached hydrogen (secondary N) is 1. The molecule has 3 N–H and O–H groups in total. The predicted molar refractivity (Wildman–Crippen MR) is 128 cm³/mol. The molecule has 0 radical (unpaired) electrons. The molecule has 2 aromatic rings. The van der Waals surface area contributed by atoms with Crippen LogP contribution in [-0.4, -0.2) is 61.9 Å². The van der Waals surface area contributed by atoms with Crippen LogP contribution in [0, 0.1) is 5.92 Å². The first-order chi connectivity index (χ1) is 15.9. The fourth-order valence-corrected chi connectivity index (χ4v) is 4.05. The van der Waals surface area contributed by atoms with Crippen LogP contribution >= 0.6 is 0 Å². The molecule has 1 aromatic carbocycles. The van der Waals surface area contributed by atoms with Gasteiger partial charge >= 0.3 is 6.16 Å². The molecule has 1 aromatic heterocycles. The zero-order chi connectivity index (χ0) is 24.9. The number of hydroxylamine groups is 2. The number of nitrogens with zero attached hydrogens (tertiary/aromatic N) is 4. The molecule has 0 spiro atoms. The summed E-state index contributed by atoms with van der Waals surface area (Å²) in [5, 5.41) is 9.93. The van der Waals surface area contributed by atoms with Crippen LogP contribution in [0.1, 0.15) is 33.6 Å². The molecule has 3 rings (SSSR count). The second-order valence-electron chi connectivity index (χ2n) is 9.26. The van der Waals surface area contributed by atoms with Gasteiger partial charge in [-0.15, -0.1) is 5.06 Å². The van der Waals surface area contributed by atoms with Crippen LogP contribution in [0.25, 0.3) is 0 Å². The number of carbonyl (C=O) groups excluding carboxylic acids is 1. The summed E-state index contributed by atoms with van der Waals surface area (Å²) in [4.78, 5) is 27.9. The molecule has 0 amide bonds. The van der Waals surface area contributed by atoms with E-state index in [2.05, 4.69) is 20.2 Å². The molecule has 0 saturated carbocycles. The topological polar surface area (TPSA) is 140 Å². The Hall–Kier alpha value is -2.96. The summed E-state index contributed by atoms with van der Waals surface area (Å²) in [7, 11) is -1.77. The van der Waals surface area contributed by atoms with Crippen LogP contribution in [0.3, 0.4) is 0 Å². The molecular formula is C22H32N6O5S. The first-order valence-corrected chi connectivity index (χ1v) is 12.5. The molecule has 186 valence electrons. The Morgan fingerprint density at radius 3 is 2.44 bits per heavy atom. The summed E-state index contributed by atoms with van der Waals surface area (Å²) in [6, 6.07) is 7.95. The van der Waals surface area contributed by atoms with Crippen LogP contribution in [0.15, 0.2) is 41.6 Å². The Bertz CT molecular complexity index is 1080. The monoisotopic (exact) mass is 492 g/mol. The number of hydrogen-bond donors (Lipinski definition) is 2. The first-order valence-electron chi connectivity index (χ1n) is 11.0. The van der Waals surface area contributed by atoms with Gasteiger partial charge in [0.15, 0.2) is 0 Å². The van der Waals surface area contributed by atoms with Crippen molar-refractivity contribution < 1.29 is 22.8 Å². The maximum Gasteiger partial charge on any atom is 0.528 e. The molecule has 0 aliphatic carbocycles. The number of aromatic nitrogens is 2. The lowest BCUT2D eigenvalue weighted by atomic mass is 9.97. The first kappa shape index (κ1) is 25.7. The average molecular weight is 493 g/mol. The highest BCUT2D eigenvalue weighted by Crippen LogP contribution is 2.23. The largest absolute Gasteiger partial charge is 0.528 e. The summed E-state index contributed by atoms with van der Waals surface area (Å²) < 4.78 is 28.0. The van der Waals surface area contributed by atoms with E-state index in [1.807, 2.05) is 13.1 Å². The van der Waals surface area contributed by atoms with E-state index < -0.39 is 21.8 Å². The third kappa shape index (κ3) is 7.82. The van der Waals surface area contributed by atoms with Crippen molar-refractivity contribution in [2.45, 2.75) is 44.1 Å². The molecule has 1 aliphatic heterocycles. The normalized spacial score (nSPS) is 15.6. The molecule has 11 nitrogen and oxygen atoms in total. The summed E-state index contributed by atoms with van der Waals surface area (Å²) >= 11 is 0. The van der Waals surface area contributed by atoms with Crippen molar-refractivity contribution in [1.82, 2.24) is 15.0 Å². The third-order valence-electron chi connectivity index (χ3n) is 5.20. The number of sulfonamides is 1. The summed E-state index contributed by atoms with van der Waals surface area (Å²) in [6.07, 6.45) is 2.55.